The third kappa shape index (κ3) is 4.31. The van der Waals surface area contributed by atoms with Crippen LogP contribution in [0, 0.1) is 6.92 Å². The number of carboxylic acids is 1. The zero-order valence-corrected chi connectivity index (χ0v) is 13.3. The van der Waals surface area contributed by atoms with E-state index in [1.54, 1.807) is 13.8 Å². The van der Waals surface area contributed by atoms with E-state index in [4.69, 9.17) is 4.74 Å². The van der Waals surface area contributed by atoms with Gasteiger partial charge in [0.05, 0.1) is 23.4 Å². The fourth-order valence-corrected chi connectivity index (χ4v) is 2.25. The maximum atomic E-state index is 12.3. The Morgan fingerprint density at radius 3 is 2.48 bits per heavy atom. The van der Waals surface area contributed by atoms with Crippen LogP contribution in [0.25, 0.3) is 5.69 Å². The van der Waals surface area contributed by atoms with Crippen molar-refractivity contribution in [3.05, 3.63) is 47.3 Å². The summed E-state index contributed by atoms with van der Waals surface area (Å²) in [5.74, 6) is -2.67. The summed E-state index contributed by atoms with van der Waals surface area (Å²) in [6.07, 6.45) is -3.57. The first-order valence-corrected chi connectivity index (χ1v) is 7.12. The molecule has 1 N–H and O–H groups in total. The third-order valence-corrected chi connectivity index (χ3v) is 3.22. The van der Waals surface area contributed by atoms with Crippen LogP contribution in [0.1, 0.15) is 33.3 Å². The van der Waals surface area contributed by atoms with Crippen molar-refractivity contribution in [1.82, 2.24) is 4.57 Å². The largest absolute Gasteiger partial charge is 0.573 e. The molecule has 1 heterocycles. The van der Waals surface area contributed by atoms with Gasteiger partial charge in [-0.1, -0.05) is 0 Å². The van der Waals surface area contributed by atoms with E-state index in [2.05, 4.69) is 4.74 Å². The van der Waals surface area contributed by atoms with E-state index in [0.717, 1.165) is 12.1 Å². The van der Waals surface area contributed by atoms with Crippen molar-refractivity contribution in [3.63, 3.8) is 0 Å². The second kappa shape index (κ2) is 6.88. The number of esters is 1. The number of rotatable bonds is 5. The van der Waals surface area contributed by atoms with Gasteiger partial charge in [0.1, 0.15) is 5.75 Å². The van der Waals surface area contributed by atoms with Crippen molar-refractivity contribution in [2.24, 2.45) is 0 Å². The number of alkyl halides is 3. The summed E-state index contributed by atoms with van der Waals surface area (Å²) in [7, 11) is 0. The summed E-state index contributed by atoms with van der Waals surface area (Å²) in [5, 5.41) is 9.30. The molecule has 25 heavy (non-hydrogen) atoms. The molecule has 6 nitrogen and oxygen atoms in total. The lowest BCUT2D eigenvalue weighted by Gasteiger charge is -2.13. The SMILES string of the molecule is CCOC(=O)c1cc(C)n(-c2ccc(OC(F)(F)F)cc2C(=O)O)c1. The normalized spacial score (nSPS) is 11.2. The fraction of sp³-hybridized carbons (Fsp3) is 0.250. The minimum Gasteiger partial charge on any atom is -0.478 e. The van der Waals surface area contributed by atoms with Crippen LogP contribution in [0.3, 0.4) is 0 Å². The van der Waals surface area contributed by atoms with Gasteiger partial charge in [-0.2, -0.15) is 0 Å². The Bertz CT molecular complexity index is 811. The number of aryl methyl sites for hydroxylation is 1. The number of hydrogen-bond donors (Lipinski definition) is 1. The van der Waals surface area contributed by atoms with E-state index in [1.165, 1.54) is 22.9 Å². The Kier molecular flexibility index (Phi) is 5.05. The summed E-state index contributed by atoms with van der Waals surface area (Å²) < 4.78 is 46.9. The van der Waals surface area contributed by atoms with Crippen molar-refractivity contribution in [2.45, 2.75) is 20.2 Å². The Morgan fingerprint density at radius 2 is 1.92 bits per heavy atom. The number of hydrogen-bond acceptors (Lipinski definition) is 4. The number of carbonyl (C=O) groups is 2. The number of ether oxygens (including phenoxy) is 2. The van der Waals surface area contributed by atoms with E-state index in [1.807, 2.05) is 0 Å². The molecule has 0 bridgehead atoms. The van der Waals surface area contributed by atoms with Crippen LogP contribution in [0.4, 0.5) is 13.2 Å². The van der Waals surface area contributed by atoms with Crippen molar-refractivity contribution in [2.75, 3.05) is 6.61 Å². The highest BCUT2D eigenvalue weighted by atomic mass is 19.4. The van der Waals surface area contributed by atoms with Gasteiger partial charge in [-0.3, -0.25) is 0 Å². The second-order valence-corrected chi connectivity index (χ2v) is 4.99. The summed E-state index contributed by atoms with van der Waals surface area (Å²) in [6, 6.07) is 4.43. The van der Waals surface area contributed by atoms with Gasteiger partial charge in [0.15, 0.2) is 0 Å². The third-order valence-electron chi connectivity index (χ3n) is 3.22. The zero-order valence-electron chi connectivity index (χ0n) is 13.3. The Labute approximate surface area is 140 Å². The van der Waals surface area contributed by atoms with Crippen LogP contribution in [-0.2, 0) is 4.74 Å². The molecule has 0 aliphatic rings. The van der Waals surface area contributed by atoms with E-state index >= 15 is 0 Å². The number of aromatic carboxylic acids is 1. The molecule has 0 atom stereocenters. The Hall–Kier alpha value is -2.97. The number of carboxylic acid groups (broad SMARTS) is 1. The fourth-order valence-electron chi connectivity index (χ4n) is 2.25. The highest BCUT2D eigenvalue weighted by Crippen LogP contribution is 2.28. The minimum atomic E-state index is -4.93. The number of halogens is 3. The lowest BCUT2D eigenvalue weighted by atomic mass is 10.1. The maximum absolute atomic E-state index is 12.3. The van der Waals surface area contributed by atoms with Gasteiger partial charge < -0.3 is 19.1 Å². The molecule has 2 aromatic rings. The van der Waals surface area contributed by atoms with Crippen LogP contribution in [-0.4, -0.2) is 34.6 Å². The van der Waals surface area contributed by atoms with Crippen LogP contribution in [0.15, 0.2) is 30.5 Å². The van der Waals surface area contributed by atoms with E-state index in [9.17, 15) is 27.9 Å². The molecule has 0 unspecified atom stereocenters. The number of carbonyl (C=O) groups excluding carboxylic acids is 1. The predicted molar refractivity (Wildman–Crippen MR) is 80.1 cm³/mol. The van der Waals surface area contributed by atoms with Gasteiger partial charge in [-0.05, 0) is 38.1 Å². The molecular formula is C16H14F3NO5. The van der Waals surface area contributed by atoms with Crippen LogP contribution >= 0.6 is 0 Å². The zero-order chi connectivity index (χ0) is 18.8. The minimum absolute atomic E-state index is 0.0927. The van der Waals surface area contributed by atoms with Gasteiger partial charge in [-0.25, -0.2) is 9.59 Å². The summed E-state index contributed by atoms with van der Waals surface area (Å²) >= 11 is 0. The summed E-state index contributed by atoms with van der Waals surface area (Å²) in [6.45, 7) is 3.44. The number of aromatic nitrogens is 1. The summed E-state index contributed by atoms with van der Waals surface area (Å²) in [4.78, 5) is 23.2. The molecule has 0 radical (unpaired) electrons. The highest BCUT2D eigenvalue weighted by Gasteiger charge is 2.31. The lowest BCUT2D eigenvalue weighted by Crippen LogP contribution is -2.17. The lowest BCUT2D eigenvalue weighted by molar-refractivity contribution is -0.274. The molecule has 2 rings (SSSR count). The molecule has 0 fully saturated rings. The van der Waals surface area contributed by atoms with E-state index < -0.39 is 29.6 Å². The molecule has 0 saturated heterocycles. The molecule has 1 aromatic carbocycles. The van der Waals surface area contributed by atoms with Gasteiger partial charge >= 0.3 is 18.3 Å². The number of nitrogens with zero attached hydrogens (tertiary/aromatic N) is 1. The quantitative estimate of drug-likeness (QED) is 0.828. The number of benzene rings is 1. The maximum Gasteiger partial charge on any atom is 0.573 e. The molecular weight excluding hydrogens is 343 g/mol. The highest BCUT2D eigenvalue weighted by molar-refractivity contribution is 5.93. The topological polar surface area (TPSA) is 77.8 Å². The molecule has 0 amide bonds. The van der Waals surface area contributed by atoms with Gasteiger partial charge in [0.2, 0.25) is 0 Å². The monoisotopic (exact) mass is 357 g/mol. The summed E-state index contributed by atoms with van der Waals surface area (Å²) in [5.41, 5.74) is 0.396. The molecule has 0 aliphatic carbocycles. The van der Waals surface area contributed by atoms with Crippen molar-refractivity contribution in [1.29, 1.82) is 0 Å². The van der Waals surface area contributed by atoms with E-state index in [0.29, 0.717) is 5.69 Å². The molecule has 134 valence electrons. The predicted octanol–water partition coefficient (Wildman–Crippen LogP) is 3.56. The standard InChI is InChI=1S/C16H14F3NO5/c1-3-24-15(23)10-6-9(2)20(8-10)13-5-4-11(25-16(17,18)19)7-12(13)14(21)22/h4-8H,3H2,1-2H3,(H,21,22). The average molecular weight is 357 g/mol. The van der Waals surface area contributed by atoms with Crippen molar-refractivity contribution >= 4 is 11.9 Å². The van der Waals surface area contributed by atoms with E-state index in [-0.39, 0.29) is 17.9 Å². The van der Waals surface area contributed by atoms with Crippen LogP contribution in [0.2, 0.25) is 0 Å². The first kappa shape index (κ1) is 18.4. The second-order valence-electron chi connectivity index (χ2n) is 4.99. The van der Waals surface area contributed by atoms with Gasteiger partial charge in [-0.15, -0.1) is 13.2 Å². The van der Waals surface area contributed by atoms with Crippen LogP contribution in [0.5, 0.6) is 5.75 Å². The first-order valence-electron chi connectivity index (χ1n) is 7.12. The molecule has 9 heteroatoms. The Morgan fingerprint density at radius 1 is 1.24 bits per heavy atom. The molecule has 0 spiro atoms. The molecule has 0 aliphatic heterocycles. The van der Waals surface area contributed by atoms with Gasteiger partial charge in [0.25, 0.3) is 0 Å². The van der Waals surface area contributed by atoms with Gasteiger partial charge in [0, 0.05) is 11.9 Å². The van der Waals surface area contributed by atoms with Crippen LogP contribution < -0.4 is 4.74 Å². The van der Waals surface area contributed by atoms with Crippen molar-refractivity contribution in [3.8, 4) is 11.4 Å². The first-order chi connectivity index (χ1) is 11.6. The van der Waals surface area contributed by atoms with Crippen molar-refractivity contribution < 1.29 is 37.3 Å². The Balaban J connectivity index is 2.48. The smallest absolute Gasteiger partial charge is 0.478 e. The molecule has 0 saturated carbocycles. The molecule has 1 aromatic heterocycles. The average Bonchev–Trinajstić information content (AvgIpc) is 2.87.